The molecule has 0 spiro atoms. The predicted octanol–water partition coefficient (Wildman–Crippen LogP) is 2.55. The van der Waals surface area contributed by atoms with Gasteiger partial charge in [0.1, 0.15) is 18.8 Å². The third-order valence-corrected chi connectivity index (χ3v) is 2.64. The fourth-order valence-electron chi connectivity index (χ4n) is 1.80. The molecular weight excluding hydrogens is 246 g/mol. The second-order valence-corrected chi connectivity index (χ2v) is 5.61. The number of carbonyl (C=O) groups excluding carboxylic acids is 2. The van der Waals surface area contributed by atoms with Gasteiger partial charge >= 0.3 is 12.1 Å². The van der Waals surface area contributed by atoms with E-state index in [0.717, 1.165) is 12.8 Å². The van der Waals surface area contributed by atoms with E-state index in [2.05, 4.69) is 5.32 Å². The largest absolute Gasteiger partial charge is 0.460 e. The molecule has 0 radical (unpaired) electrons. The smallest absolute Gasteiger partial charge is 0.408 e. The van der Waals surface area contributed by atoms with Crippen molar-refractivity contribution in [2.45, 2.75) is 52.1 Å². The molecule has 1 aliphatic carbocycles. The average molecular weight is 269 g/mol. The van der Waals surface area contributed by atoms with Crippen molar-refractivity contribution in [2.75, 3.05) is 13.2 Å². The van der Waals surface area contributed by atoms with Gasteiger partial charge in [-0.2, -0.15) is 0 Å². The van der Waals surface area contributed by atoms with Crippen molar-refractivity contribution in [1.29, 1.82) is 0 Å². The number of alkyl carbamates (subject to hydrolysis) is 1. The second kappa shape index (κ2) is 7.16. The molecule has 0 unspecified atom stereocenters. The summed E-state index contributed by atoms with van der Waals surface area (Å²) in [4.78, 5) is 22.7. The summed E-state index contributed by atoms with van der Waals surface area (Å²) < 4.78 is 10.0. The Hall–Kier alpha value is -1.52. The molecule has 0 aromatic rings. The van der Waals surface area contributed by atoms with Crippen molar-refractivity contribution < 1.29 is 19.1 Å². The fraction of sp³-hybridized carbons (Fsp3) is 0.714. The van der Waals surface area contributed by atoms with Crippen LogP contribution in [0.1, 0.15) is 46.5 Å². The lowest BCUT2D eigenvalue weighted by Gasteiger charge is -2.19. The Balaban J connectivity index is 2.14. The Bertz CT molecular complexity index is 347. The van der Waals surface area contributed by atoms with Crippen molar-refractivity contribution in [3.05, 3.63) is 11.6 Å². The van der Waals surface area contributed by atoms with Gasteiger partial charge in [0, 0.05) is 0 Å². The zero-order valence-electron chi connectivity index (χ0n) is 12.0. The van der Waals surface area contributed by atoms with Crippen LogP contribution in [0.25, 0.3) is 0 Å². The van der Waals surface area contributed by atoms with Gasteiger partial charge < -0.3 is 14.8 Å². The van der Waals surface area contributed by atoms with Crippen molar-refractivity contribution in [1.82, 2.24) is 5.32 Å². The van der Waals surface area contributed by atoms with Crippen LogP contribution in [0.15, 0.2) is 11.6 Å². The van der Waals surface area contributed by atoms with Crippen LogP contribution in [0.4, 0.5) is 4.79 Å². The van der Waals surface area contributed by atoms with Crippen LogP contribution in [-0.2, 0) is 14.3 Å². The minimum Gasteiger partial charge on any atom is -0.460 e. The van der Waals surface area contributed by atoms with Crippen LogP contribution in [0, 0.1) is 0 Å². The molecule has 0 bridgehead atoms. The highest BCUT2D eigenvalue weighted by Crippen LogP contribution is 2.23. The van der Waals surface area contributed by atoms with Crippen LogP contribution < -0.4 is 5.32 Å². The SMILES string of the molecule is CC(C)(C)OC(=O)NCC(=O)OCC=C1CCCC1. The molecular formula is C14H23NO4. The number of ether oxygens (including phenoxy) is 2. The number of carbonyl (C=O) groups is 2. The van der Waals surface area contributed by atoms with E-state index in [0.29, 0.717) is 0 Å². The zero-order chi connectivity index (χ0) is 14.3. The molecule has 0 aromatic heterocycles. The van der Waals surface area contributed by atoms with E-state index in [4.69, 9.17) is 9.47 Å². The lowest BCUT2D eigenvalue weighted by Crippen LogP contribution is -2.36. The summed E-state index contributed by atoms with van der Waals surface area (Å²) >= 11 is 0. The summed E-state index contributed by atoms with van der Waals surface area (Å²) in [5.74, 6) is -0.458. The minimum absolute atomic E-state index is 0.169. The van der Waals surface area contributed by atoms with Crippen molar-refractivity contribution in [2.24, 2.45) is 0 Å². The Morgan fingerprint density at radius 3 is 2.47 bits per heavy atom. The minimum atomic E-state index is -0.612. The third kappa shape index (κ3) is 7.49. The molecule has 0 heterocycles. The number of allylic oxidation sites excluding steroid dienone is 1. The van der Waals surface area contributed by atoms with Crippen LogP contribution in [0.5, 0.6) is 0 Å². The molecule has 1 rings (SSSR count). The first-order valence-electron chi connectivity index (χ1n) is 6.67. The monoisotopic (exact) mass is 269 g/mol. The summed E-state index contributed by atoms with van der Waals surface area (Å²) in [6, 6.07) is 0. The number of nitrogens with one attached hydrogen (secondary N) is 1. The summed E-state index contributed by atoms with van der Waals surface area (Å²) in [5, 5.41) is 2.36. The van der Waals surface area contributed by atoms with Crippen molar-refractivity contribution in [3.63, 3.8) is 0 Å². The number of hydrogen-bond donors (Lipinski definition) is 1. The Morgan fingerprint density at radius 2 is 1.89 bits per heavy atom. The van der Waals surface area contributed by atoms with E-state index in [1.807, 2.05) is 6.08 Å². The zero-order valence-corrected chi connectivity index (χ0v) is 12.0. The number of amides is 1. The van der Waals surface area contributed by atoms with E-state index in [9.17, 15) is 9.59 Å². The molecule has 1 aliphatic rings. The van der Waals surface area contributed by atoms with Gasteiger partial charge in [-0.05, 0) is 52.5 Å². The highest BCUT2D eigenvalue weighted by molar-refractivity contribution is 5.78. The molecule has 5 nitrogen and oxygen atoms in total. The maximum absolute atomic E-state index is 11.4. The van der Waals surface area contributed by atoms with E-state index < -0.39 is 17.7 Å². The third-order valence-electron chi connectivity index (χ3n) is 2.64. The van der Waals surface area contributed by atoms with E-state index in [1.165, 1.54) is 18.4 Å². The Morgan fingerprint density at radius 1 is 1.26 bits per heavy atom. The van der Waals surface area contributed by atoms with Crippen molar-refractivity contribution in [3.8, 4) is 0 Å². The van der Waals surface area contributed by atoms with Crippen LogP contribution in [-0.4, -0.2) is 30.8 Å². The summed E-state index contributed by atoms with van der Waals surface area (Å²) in [7, 11) is 0. The summed E-state index contributed by atoms with van der Waals surface area (Å²) in [6.07, 6.45) is 6.00. The van der Waals surface area contributed by atoms with Gasteiger partial charge in [-0.3, -0.25) is 4.79 Å². The van der Waals surface area contributed by atoms with Crippen LogP contribution in [0.2, 0.25) is 0 Å². The standard InChI is InChI=1S/C14H23NO4/c1-14(2,3)19-13(17)15-10-12(16)18-9-8-11-6-4-5-7-11/h8H,4-7,9-10H2,1-3H3,(H,15,17). The van der Waals surface area contributed by atoms with Gasteiger partial charge in [0.15, 0.2) is 0 Å². The lowest BCUT2D eigenvalue weighted by molar-refractivity contribution is -0.141. The first-order chi connectivity index (χ1) is 8.87. The molecule has 1 N–H and O–H groups in total. The van der Waals surface area contributed by atoms with Gasteiger partial charge in [0.2, 0.25) is 0 Å². The van der Waals surface area contributed by atoms with Gasteiger partial charge in [0.25, 0.3) is 0 Å². The molecule has 0 saturated heterocycles. The van der Waals surface area contributed by atoms with E-state index in [-0.39, 0.29) is 13.2 Å². The van der Waals surface area contributed by atoms with Crippen molar-refractivity contribution >= 4 is 12.1 Å². The van der Waals surface area contributed by atoms with Gasteiger partial charge in [-0.1, -0.05) is 5.57 Å². The number of hydrogen-bond acceptors (Lipinski definition) is 4. The van der Waals surface area contributed by atoms with E-state index >= 15 is 0 Å². The average Bonchev–Trinajstić information content (AvgIpc) is 2.77. The maximum atomic E-state index is 11.4. The topological polar surface area (TPSA) is 64.6 Å². The normalized spacial score (nSPS) is 15.0. The summed E-state index contributed by atoms with van der Waals surface area (Å²) in [5.41, 5.74) is 0.786. The molecule has 1 amide bonds. The molecule has 108 valence electrons. The first-order valence-corrected chi connectivity index (χ1v) is 6.67. The van der Waals surface area contributed by atoms with Gasteiger partial charge in [0.05, 0.1) is 0 Å². The highest BCUT2D eigenvalue weighted by atomic mass is 16.6. The molecule has 0 aromatic carbocycles. The second-order valence-electron chi connectivity index (χ2n) is 5.61. The molecule has 1 saturated carbocycles. The molecule has 1 fully saturated rings. The number of esters is 1. The molecule has 0 atom stereocenters. The van der Waals surface area contributed by atoms with Crippen LogP contribution in [0.3, 0.4) is 0 Å². The lowest BCUT2D eigenvalue weighted by atomic mass is 10.2. The Kier molecular flexibility index (Phi) is 5.86. The summed E-state index contributed by atoms with van der Waals surface area (Å²) in [6.45, 7) is 5.40. The Labute approximate surface area is 114 Å². The van der Waals surface area contributed by atoms with Crippen LogP contribution >= 0.6 is 0 Å². The maximum Gasteiger partial charge on any atom is 0.408 e. The first kappa shape index (κ1) is 15.5. The predicted molar refractivity (Wildman–Crippen MR) is 71.7 cm³/mol. The van der Waals surface area contributed by atoms with Gasteiger partial charge in [-0.15, -0.1) is 0 Å². The number of rotatable bonds is 4. The molecule has 19 heavy (non-hydrogen) atoms. The highest BCUT2D eigenvalue weighted by Gasteiger charge is 2.16. The van der Waals surface area contributed by atoms with E-state index in [1.54, 1.807) is 20.8 Å². The quantitative estimate of drug-likeness (QED) is 0.629. The molecule has 0 aliphatic heterocycles. The fourth-order valence-corrected chi connectivity index (χ4v) is 1.80. The molecule has 5 heteroatoms. The van der Waals surface area contributed by atoms with Gasteiger partial charge in [-0.25, -0.2) is 4.79 Å².